The quantitative estimate of drug-likeness (QED) is 0.504. The van der Waals surface area contributed by atoms with Gasteiger partial charge in [-0.15, -0.1) is 0 Å². The molecule has 0 aliphatic carbocycles. The van der Waals surface area contributed by atoms with Gasteiger partial charge in [0.05, 0.1) is 25.0 Å². The van der Waals surface area contributed by atoms with Crippen molar-refractivity contribution in [1.29, 1.82) is 0 Å². The number of amides is 1. The lowest BCUT2D eigenvalue weighted by molar-refractivity contribution is 0.0528. The number of hydrogen-bond acceptors (Lipinski definition) is 6. The second-order valence-corrected chi connectivity index (χ2v) is 9.64. The molecular weight excluding hydrogens is 442 g/mol. The highest BCUT2D eigenvalue weighted by molar-refractivity contribution is 5.67. The average molecular weight is 474 g/mol. The number of nitrogens with zero attached hydrogens (tertiary/aromatic N) is 6. The Labute approximate surface area is 206 Å². The van der Waals surface area contributed by atoms with E-state index in [1.54, 1.807) is 18.5 Å². The minimum Gasteiger partial charge on any atom is -0.444 e. The lowest BCUT2D eigenvalue weighted by atomic mass is 10.1. The second kappa shape index (κ2) is 10.6. The largest absolute Gasteiger partial charge is 0.444 e. The van der Waals surface area contributed by atoms with Gasteiger partial charge in [-0.1, -0.05) is 18.2 Å². The molecule has 0 spiro atoms. The van der Waals surface area contributed by atoms with Gasteiger partial charge in [-0.3, -0.25) is 4.68 Å². The van der Waals surface area contributed by atoms with Crippen molar-refractivity contribution in [2.75, 3.05) is 24.5 Å². The maximum atomic E-state index is 11.8. The van der Waals surface area contributed by atoms with E-state index in [4.69, 9.17) is 11.3 Å². The molecule has 1 aliphatic heterocycles. The summed E-state index contributed by atoms with van der Waals surface area (Å²) < 4.78 is 7.15. The Hall–Kier alpha value is -3.93. The summed E-state index contributed by atoms with van der Waals surface area (Å²) in [4.78, 5) is 26.9. The number of ether oxygens (including phenoxy) is 1. The maximum Gasteiger partial charge on any atom is 0.407 e. The van der Waals surface area contributed by atoms with E-state index in [0.717, 1.165) is 35.5 Å². The van der Waals surface area contributed by atoms with Gasteiger partial charge in [-0.25, -0.2) is 19.6 Å². The molecule has 1 saturated heterocycles. The van der Waals surface area contributed by atoms with Crippen LogP contribution in [-0.2, 0) is 17.7 Å². The predicted octanol–water partition coefficient (Wildman–Crippen LogP) is 4.61. The van der Waals surface area contributed by atoms with E-state index in [0.29, 0.717) is 31.0 Å². The molecule has 1 aliphatic rings. The Balaban J connectivity index is 1.44. The van der Waals surface area contributed by atoms with E-state index >= 15 is 0 Å². The molecule has 0 radical (unpaired) electrons. The van der Waals surface area contributed by atoms with Crippen LogP contribution in [0.2, 0.25) is 0 Å². The van der Waals surface area contributed by atoms with E-state index in [2.05, 4.69) is 36.3 Å². The van der Waals surface area contributed by atoms with Gasteiger partial charge < -0.3 is 15.0 Å². The topological polar surface area (TPSA) is 89.5 Å². The summed E-state index contributed by atoms with van der Waals surface area (Å²) in [5.41, 5.74) is 3.89. The number of benzene rings is 1. The number of aromatic nitrogens is 4. The first-order valence-corrected chi connectivity index (χ1v) is 11.9. The summed E-state index contributed by atoms with van der Waals surface area (Å²) in [6.45, 7) is 16.0. The third-order valence-corrected chi connectivity index (χ3v) is 5.67. The maximum absolute atomic E-state index is 11.8. The zero-order valence-corrected chi connectivity index (χ0v) is 20.5. The first-order chi connectivity index (χ1) is 16.8. The molecular formula is C26H31N7O2. The SMILES string of the molecule is [C-]#[N+]c1ccc(-c2ncc(CCNC(=O)OC(C)(C)C)cn2)c(Cn2cc(N3CCCC3)cn2)c1. The van der Waals surface area contributed by atoms with Crippen LogP contribution in [0.25, 0.3) is 16.2 Å². The van der Waals surface area contributed by atoms with Gasteiger partial charge in [-0.2, -0.15) is 5.10 Å². The summed E-state index contributed by atoms with van der Waals surface area (Å²) >= 11 is 0. The van der Waals surface area contributed by atoms with Crippen LogP contribution < -0.4 is 10.2 Å². The van der Waals surface area contributed by atoms with Crippen molar-refractivity contribution < 1.29 is 9.53 Å². The Bertz CT molecular complexity index is 1200. The number of alkyl carbamates (subject to hydrolysis) is 1. The fourth-order valence-electron chi connectivity index (χ4n) is 4.00. The molecule has 0 unspecified atom stereocenters. The van der Waals surface area contributed by atoms with Crippen molar-refractivity contribution >= 4 is 17.5 Å². The molecule has 1 N–H and O–H groups in total. The number of carbonyl (C=O) groups excluding carboxylic acids is 1. The van der Waals surface area contributed by atoms with Gasteiger partial charge in [0.15, 0.2) is 11.5 Å². The van der Waals surface area contributed by atoms with Crippen LogP contribution in [0.5, 0.6) is 0 Å². The van der Waals surface area contributed by atoms with E-state index < -0.39 is 11.7 Å². The summed E-state index contributed by atoms with van der Waals surface area (Å²) in [5, 5.41) is 7.29. The fourth-order valence-corrected chi connectivity index (χ4v) is 4.00. The predicted molar refractivity (Wildman–Crippen MR) is 134 cm³/mol. The number of nitrogens with one attached hydrogen (secondary N) is 1. The smallest absolute Gasteiger partial charge is 0.407 e. The number of carbonyl (C=O) groups is 1. The molecule has 35 heavy (non-hydrogen) atoms. The summed E-state index contributed by atoms with van der Waals surface area (Å²) in [5.74, 6) is 0.590. The van der Waals surface area contributed by atoms with Crippen molar-refractivity contribution in [3.8, 4) is 11.4 Å². The van der Waals surface area contributed by atoms with Crippen LogP contribution in [0.15, 0.2) is 43.0 Å². The minimum atomic E-state index is -0.527. The fraction of sp³-hybridized carbons (Fsp3) is 0.423. The highest BCUT2D eigenvalue weighted by Crippen LogP contribution is 2.27. The van der Waals surface area contributed by atoms with Crippen molar-refractivity contribution in [2.24, 2.45) is 0 Å². The molecule has 3 heterocycles. The van der Waals surface area contributed by atoms with Crippen LogP contribution in [0.1, 0.15) is 44.7 Å². The third-order valence-electron chi connectivity index (χ3n) is 5.67. The summed E-state index contributed by atoms with van der Waals surface area (Å²) in [6.07, 6.45) is 10.1. The highest BCUT2D eigenvalue weighted by atomic mass is 16.6. The second-order valence-electron chi connectivity index (χ2n) is 9.64. The van der Waals surface area contributed by atoms with Crippen LogP contribution in [0, 0.1) is 6.57 Å². The Morgan fingerprint density at radius 1 is 1.17 bits per heavy atom. The first kappa shape index (κ1) is 24.2. The lowest BCUT2D eigenvalue weighted by Crippen LogP contribution is -2.33. The lowest BCUT2D eigenvalue weighted by Gasteiger charge is -2.19. The van der Waals surface area contributed by atoms with Crippen LogP contribution in [-0.4, -0.2) is 51.1 Å². The van der Waals surface area contributed by atoms with Crippen LogP contribution in [0.4, 0.5) is 16.2 Å². The third kappa shape index (κ3) is 6.57. The van der Waals surface area contributed by atoms with Gasteiger partial charge >= 0.3 is 6.09 Å². The summed E-state index contributed by atoms with van der Waals surface area (Å²) in [7, 11) is 0. The molecule has 4 rings (SSSR count). The Kier molecular flexibility index (Phi) is 7.30. The Morgan fingerprint density at radius 3 is 2.60 bits per heavy atom. The molecule has 1 aromatic carbocycles. The number of anilines is 1. The number of hydrogen-bond donors (Lipinski definition) is 1. The molecule has 3 aromatic rings. The zero-order valence-electron chi connectivity index (χ0n) is 20.5. The minimum absolute atomic E-state index is 0.432. The number of rotatable bonds is 7. The van der Waals surface area contributed by atoms with Gasteiger partial charge in [0.1, 0.15) is 5.60 Å². The van der Waals surface area contributed by atoms with Gasteiger partial charge in [-0.05, 0) is 51.2 Å². The Morgan fingerprint density at radius 2 is 1.91 bits per heavy atom. The van der Waals surface area contributed by atoms with Gasteiger partial charge in [0, 0.05) is 43.8 Å². The zero-order chi connectivity index (χ0) is 24.8. The molecule has 1 amide bonds. The van der Waals surface area contributed by atoms with Crippen molar-refractivity contribution in [3.05, 3.63) is 65.5 Å². The van der Waals surface area contributed by atoms with E-state index in [9.17, 15) is 4.79 Å². The molecule has 0 bridgehead atoms. The van der Waals surface area contributed by atoms with Gasteiger partial charge in [0.25, 0.3) is 0 Å². The molecule has 2 aromatic heterocycles. The van der Waals surface area contributed by atoms with E-state index in [1.807, 2.05) is 43.8 Å². The molecule has 0 atom stereocenters. The highest BCUT2D eigenvalue weighted by Gasteiger charge is 2.17. The standard InChI is InChI=1S/C26H31N7O2/c1-26(2,3)35-25(34)28-10-9-19-14-29-24(30-15-19)23-8-7-21(27-4)13-20(23)17-33-18-22(16-31-33)32-11-5-6-12-32/h7-8,13-16,18H,5-6,9-12,17H2,1-3H3,(H,28,34). The monoisotopic (exact) mass is 473 g/mol. The van der Waals surface area contributed by atoms with E-state index in [1.165, 1.54) is 12.8 Å². The van der Waals surface area contributed by atoms with Crippen LogP contribution in [0.3, 0.4) is 0 Å². The van der Waals surface area contributed by atoms with Gasteiger partial charge in [0.2, 0.25) is 0 Å². The summed E-state index contributed by atoms with van der Waals surface area (Å²) in [6, 6.07) is 5.56. The average Bonchev–Trinajstić information content (AvgIpc) is 3.51. The molecule has 0 saturated carbocycles. The van der Waals surface area contributed by atoms with Crippen molar-refractivity contribution in [2.45, 2.75) is 52.2 Å². The van der Waals surface area contributed by atoms with E-state index in [-0.39, 0.29) is 0 Å². The first-order valence-electron chi connectivity index (χ1n) is 11.9. The molecule has 182 valence electrons. The van der Waals surface area contributed by atoms with Crippen molar-refractivity contribution in [3.63, 3.8) is 0 Å². The molecule has 9 nitrogen and oxygen atoms in total. The van der Waals surface area contributed by atoms with Crippen LogP contribution >= 0.6 is 0 Å². The normalized spacial score (nSPS) is 13.5. The van der Waals surface area contributed by atoms with Crippen molar-refractivity contribution in [1.82, 2.24) is 25.1 Å². The molecule has 9 heteroatoms. The molecule has 1 fully saturated rings.